The maximum atomic E-state index is 13.6. The van der Waals surface area contributed by atoms with E-state index < -0.39 is 23.6 Å². The highest BCUT2D eigenvalue weighted by atomic mass is 19.1. The molecule has 1 aromatic carbocycles. The van der Waals surface area contributed by atoms with Gasteiger partial charge in [-0.15, -0.1) is 0 Å². The van der Waals surface area contributed by atoms with E-state index >= 15 is 0 Å². The van der Waals surface area contributed by atoms with Crippen LogP contribution in [0.3, 0.4) is 0 Å². The van der Waals surface area contributed by atoms with Crippen molar-refractivity contribution in [2.75, 3.05) is 19.7 Å². The van der Waals surface area contributed by atoms with Crippen LogP contribution in [-0.4, -0.2) is 47.7 Å². The highest BCUT2D eigenvalue weighted by molar-refractivity contribution is 5.95. The van der Waals surface area contributed by atoms with Crippen LogP contribution >= 0.6 is 0 Å². The molecule has 8 heteroatoms. The van der Waals surface area contributed by atoms with E-state index in [0.717, 1.165) is 12.1 Å². The summed E-state index contributed by atoms with van der Waals surface area (Å²) in [6.07, 6.45) is -0.749. The summed E-state index contributed by atoms with van der Waals surface area (Å²) in [5.74, 6) is -2.44. The van der Waals surface area contributed by atoms with Crippen LogP contribution in [0.25, 0.3) is 0 Å². The Morgan fingerprint density at radius 2 is 2.25 bits per heavy atom. The predicted octanol–water partition coefficient (Wildman–Crippen LogP) is 0.552. The van der Waals surface area contributed by atoms with Gasteiger partial charge in [-0.05, 0) is 12.1 Å². The minimum atomic E-state index is -0.929. The normalized spacial score (nSPS) is 20.0. The summed E-state index contributed by atoms with van der Waals surface area (Å²) < 4.78 is 31.6. The smallest absolute Gasteiger partial charge is 0.257 e. The lowest BCUT2D eigenvalue weighted by molar-refractivity contribution is 0.00653. The van der Waals surface area contributed by atoms with Gasteiger partial charge in [-0.25, -0.2) is 8.78 Å². The van der Waals surface area contributed by atoms with Crippen molar-refractivity contribution in [2.24, 2.45) is 10.9 Å². The minimum absolute atomic E-state index is 0.0333. The third-order valence-electron chi connectivity index (χ3n) is 2.96. The van der Waals surface area contributed by atoms with Crippen molar-refractivity contribution in [3.63, 3.8) is 0 Å². The number of hydrogen-bond acceptors (Lipinski definition) is 4. The number of hydrogen-bond donors (Lipinski definition) is 2. The molecule has 1 aliphatic heterocycles. The van der Waals surface area contributed by atoms with Gasteiger partial charge in [0.15, 0.2) is 5.84 Å². The molecule has 0 bridgehead atoms. The molecule has 1 saturated heterocycles. The summed E-state index contributed by atoms with van der Waals surface area (Å²) in [6, 6.07) is 2.74. The van der Waals surface area contributed by atoms with E-state index in [-0.39, 0.29) is 31.1 Å². The number of oxime groups is 1. The summed E-state index contributed by atoms with van der Waals surface area (Å²) in [7, 11) is 0. The number of nitrogens with two attached hydrogens (primary N) is 1. The number of ether oxygens (including phenoxy) is 1. The Kier molecular flexibility index (Phi) is 4.14. The van der Waals surface area contributed by atoms with E-state index in [4.69, 9.17) is 15.7 Å². The van der Waals surface area contributed by atoms with Crippen LogP contribution in [0.5, 0.6) is 0 Å². The molecular weight excluding hydrogens is 272 g/mol. The van der Waals surface area contributed by atoms with E-state index in [0.29, 0.717) is 6.07 Å². The largest absolute Gasteiger partial charge is 0.409 e. The standard InChI is InChI=1S/C12H13F2N3O3/c13-7-1-2-8(9(14)5-7)12(18)17-3-4-20-10(6-17)11(15)16-19/h1-2,5,10,19H,3-4,6H2,(H2,15,16). The number of rotatable bonds is 2. The third kappa shape index (κ3) is 2.85. The third-order valence-corrected chi connectivity index (χ3v) is 2.96. The molecule has 1 aliphatic rings. The Morgan fingerprint density at radius 1 is 1.50 bits per heavy atom. The zero-order chi connectivity index (χ0) is 14.7. The second-order valence-electron chi connectivity index (χ2n) is 4.26. The lowest BCUT2D eigenvalue weighted by atomic mass is 10.1. The van der Waals surface area contributed by atoms with Gasteiger partial charge in [0.2, 0.25) is 0 Å². The summed E-state index contributed by atoms with van der Waals surface area (Å²) >= 11 is 0. The van der Waals surface area contributed by atoms with Crippen molar-refractivity contribution in [1.82, 2.24) is 4.90 Å². The summed E-state index contributed by atoms with van der Waals surface area (Å²) in [5.41, 5.74) is 5.18. The van der Waals surface area contributed by atoms with E-state index in [1.165, 1.54) is 4.90 Å². The van der Waals surface area contributed by atoms with Gasteiger partial charge < -0.3 is 20.6 Å². The average Bonchev–Trinajstić information content (AvgIpc) is 2.46. The fraction of sp³-hybridized carbons (Fsp3) is 0.333. The van der Waals surface area contributed by atoms with Crippen molar-refractivity contribution >= 4 is 11.7 Å². The molecule has 1 aromatic rings. The molecule has 0 aliphatic carbocycles. The van der Waals surface area contributed by atoms with Crippen LogP contribution in [0.1, 0.15) is 10.4 Å². The number of carbonyl (C=O) groups excluding carboxylic acids is 1. The van der Waals surface area contributed by atoms with Crippen molar-refractivity contribution in [2.45, 2.75) is 6.10 Å². The van der Waals surface area contributed by atoms with Crippen molar-refractivity contribution < 1.29 is 23.5 Å². The van der Waals surface area contributed by atoms with Gasteiger partial charge in [-0.2, -0.15) is 0 Å². The van der Waals surface area contributed by atoms with Crippen LogP contribution in [0, 0.1) is 11.6 Å². The number of morpholine rings is 1. The lowest BCUT2D eigenvalue weighted by Crippen LogP contribution is -2.50. The Bertz CT molecular complexity index is 551. The van der Waals surface area contributed by atoms with Crippen molar-refractivity contribution in [3.05, 3.63) is 35.4 Å². The molecule has 0 saturated carbocycles. The lowest BCUT2D eigenvalue weighted by Gasteiger charge is -2.32. The molecule has 20 heavy (non-hydrogen) atoms. The first-order valence-corrected chi connectivity index (χ1v) is 5.86. The van der Waals surface area contributed by atoms with Gasteiger partial charge in [0.1, 0.15) is 17.7 Å². The van der Waals surface area contributed by atoms with Crippen molar-refractivity contribution in [1.29, 1.82) is 0 Å². The SMILES string of the molecule is NC(=NO)C1CN(C(=O)c2ccc(F)cc2F)CCO1. The van der Waals surface area contributed by atoms with Crippen LogP contribution in [-0.2, 0) is 4.74 Å². The summed E-state index contributed by atoms with van der Waals surface area (Å²) in [4.78, 5) is 13.5. The molecule has 1 fully saturated rings. The topological polar surface area (TPSA) is 88.2 Å². The maximum Gasteiger partial charge on any atom is 0.257 e. The summed E-state index contributed by atoms with van der Waals surface area (Å²) in [5, 5.41) is 11.4. The quantitative estimate of drug-likeness (QED) is 0.359. The van der Waals surface area contributed by atoms with Crippen LogP contribution < -0.4 is 5.73 Å². The Balaban J connectivity index is 2.16. The van der Waals surface area contributed by atoms with Crippen LogP contribution in [0.4, 0.5) is 8.78 Å². The molecule has 1 heterocycles. The Morgan fingerprint density at radius 3 is 2.90 bits per heavy atom. The van der Waals surface area contributed by atoms with Gasteiger partial charge in [0.05, 0.1) is 18.7 Å². The van der Waals surface area contributed by atoms with Gasteiger partial charge in [-0.1, -0.05) is 5.16 Å². The molecular formula is C12H13F2N3O3. The molecule has 0 aromatic heterocycles. The maximum absolute atomic E-state index is 13.6. The van der Waals surface area contributed by atoms with E-state index in [2.05, 4.69) is 5.16 Å². The van der Waals surface area contributed by atoms with Gasteiger partial charge in [0, 0.05) is 12.6 Å². The highest BCUT2D eigenvalue weighted by Crippen LogP contribution is 2.15. The first-order valence-electron chi connectivity index (χ1n) is 5.86. The fourth-order valence-corrected chi connectivity index (χ4v) is 1.91. The molecule has 1 unspecified atom stereocenters. The fourth-order valence-electron chi connectivity index (χ4n) is 1.91. The van der Waals surface area contributed by atoms with Crippen LogP contribution in [0.15, 0.2) is 23.4 Å². The number of halogens is 2. The van der Waals surface area contributed by atoms with Crippen molar-refractivity contribution in [3.8, 4) is 0 Å². The van der Waals surface area contributed by atoms with Gasteiger partial charge in [0.25, 0.3) is 5.91 Å². The van der Waals surface area contributed by atoms with E-state index in [1.807, 2.05) is 0 Å². The highest BCUT2D eigenvalue weighted by Gasteiger charge is 2.28. The first-order chi connectivity index (χ1) is 9.52. The number of benzene rings is 1. The van der Waals surface area contributed by atoms with E-state index in [9.17, 15) is 13.6 Å². The molecule has 2 rings (SSSR count). The molecule has 108 valence electrons. The monoisotopic (exact) mass is 285 g/mol. The molecule has 0 spiro atoms. The second-order valence-corrected chi connectivity index (χ2v) is 4.26. The minimum Gasteiger partial charge on any atom is -0.409 e. The zero-order valence-electron chi connectivity index (χ0n) is 10.4. The van der Waals surface area contributed by atoms with Gasteiger partial charge >= 0.3 is 0 Å². The molecule has 0 radical (unpaired) electrons. The molecule has 1 amide bonds. The number of amides is 1. The number of nitrogens with zero attached hydrogens (tertiary/aromatic N) is 2. The number of carbonyl (C=O) groups is 1. The Labute approximate surface area is 113 Å². The van der Waals surface area contributed by atoms with Gasteiger partial charge in [-0.3, -0.25) is 4.79 Å². The average molecular weight is 285 g/mol. The molecule has 3 N–H and O–H groups in total. The number of amidine groups is 1. The zero-order valence-corrected chi connectivity index (χ0v) is 10.4. The predicted molar refractivity (Wildman–Crippen MR) is 65.4 cm³/mol. The molecule has 6 nitrogen and oxygen atoms in total. The van der Waals surface area contributed by atoms with E-state index in [1.54, 1.807) is 0 Å². The summed E-state index contributed by atoms with van der Waals surface area (Å²) in [6.45, 7) is 0.450. The Hall–Kier alpha value is -2.22. The second kappa shape index (κ2) is 5.83. The molecule has 1 atom stereocenters. The van der Waals surface area contributed by atoms with Crippen LogP contribution in [0.2, 0.25) is 0 Å². The first kappa shape index (κ1) is 14.2.